The van der Waals surface area contributed by atoms with E-state index in [1.165, 1.54) is 7.11 Å². The number of rotatable bonds is 2. The molecule has 3 aromatic rings. The number of nitrogens with two attached hydrogens (primary N) is 1. The summed E-state index contributed by atoms with van der Waals surface area (Å²) in [5.74, 6) is 0.0450. The predicted octanol–water partition coefficient (Wildman–Crippen LogP) is 2.86. The number of carbonyl (C=O) groups is 1. The highest BCUT2D eigenvalue weighted by atomic mass is 16.5. The van der Waals surface area contributed by atoms with Gasteiger partial charge < -0.3 is 14.9 Å². The van der Waals surface area contributed by atoms with E-state index in [0.717, 1.165) is 0 Å². The molecular weight excluding hydrogens is 256 g/mol. The van der Waals surface area contributed by atoms with Crippen LogP contribution in [0, 0.1) is 0 Å². The maximum Gasteiger partial charge on any atom is 0.337 e. The van der Waals surface area contributed by atoms with Gasteiger partial charge in [0.05, 0.1) is 12.7 Å². The lowest BCUT2D eigenvalue weighted by Crippen LogP contribution is -2.00. The SMILES string of the molecule is COC(=O)c1cccc(-c2nc3cc(N)ccc3o2)c1. The fourth-order valence-corrected chi connectivity index (χ4v) is 1.96. The second kappa shape index (κ2) is 4.70. The van der Waals surface area contributed by atoms with Crippen molar-refractivity contribution in [3.8, 4) is 11.5 Å². The van der Waals surface area contributed by atoms with Gasteiger partial charge in [0.2, 0.25) is 5.89 Å². The molecule has 2 N–H and O–H groups in total. The number of anilines is 1. The van der Waals surface area contributed by atoms with E-state index >= 15 is 0 Å². The van der Waals surface area contributed by atoms with Crippen LogP contribution in [0.5, 0.6) is 0 Å². The van der Waals surface area contributed by atoms with Crippen LogP contribution >= 0.6 is 0 Å². The molecule has 1 heterocycles. The van der Waals surface area contributed by atoms with E-state index in [2.05, 4.69) is 4.98 Å². The van der Waals surface area contributed by atoms with Gasteiger partial charge in [0.1, 0.15) is 5.52 Å². The van der Waals surface area contributed by atoms with Gasteiger partial charge in [-0.2, -0.15) is 0 Å². The summed E-state index contributed by atoms with van der Waals surface area (Å²) >= 11 is 0. The zero-order valence-electron chi connectivity index (χ0n) is 10.8. The van der Waals surface area contributed by atoms with Crippen molar-refractivity contribution in [1.29, 1.82) is 0 Å². The summed E-state index contributed by atoms with van der Waals surface area (Å²) in [6.45, 7) is 0. The second-order valence-corrected chi connectivity index (χ2v) is 4.32. The molecule has 0 bridgehead atoms. The summed E-state index contributed by atoms with van der Waals surface area (Å²) in [4.78, 5) is 15.9. The molecule has 0 spiro atoms. The average Bonchev–Trinajstić information content (AvgIpc) is 2.89. The molecule has 0 saturated heterocycles. The first-order chi connectivity index (χ1) is 9.67. The maximum absolute atomic E-state index is 11.5. The van der Waals surface area contributed by atoms with Crippen LogP contribution in [0.3, 0.4) is 0 Å². The second-order valence-electron chi connectivity index (χ2n) is 4.32. The Morgan fingerprint density at radius 1 is 1.25 bits per heavy atom. The van der Waals surface area contributed by atoms with Gasteiger partial charge in [-0.15, -0.1) is 0 Å². The van der Waals surface area contributed by atoms with Crippen molar-refractivity contribution in [3.63, 3.8) is 0 Å². The van der Waals surface area contributed by atoms with Crippen molar-refractivity contribution in [2.24, 2.45) is 0 Å². The molecule has 0 aliphatic rings. The zero-order chi connectivity index (χ0) is 14.1. The highest BCUT2D eigenvalue weighted by molar-refractivity contribution is 5.90. The lowest BCUT2D eigenvalue weighted by atomic mass is 10.1. The van der Waals surface area contributed by atoms with Crippen molar-refractivity contribution in [3.05, 3.63) is 48.0 Å². The summed E-state index contributed by atoms with van der Waals surface area (Å²) in [6, 6.07) is 12.2. The van der Waals surface area contributed by atoms with E-state index in [9.17, 15) is 4.79 Å². The minimum Gasteiger partial charge on any atom is -0.465 e. The Bertz CT molecular complexity index is 793. The van der Waals surface area contributed by atoms with Crippen molar-refractivity contribution in [1.82, 2.24) is 4.98 Å². The third kappa shape index (κ3) is 2.09. The summed E-state index contributed by atoms with van der Waals surface area (Å²) in [5.41, 5.74) is 8.83. The Morgan fingerprint density at radius 2 is 2.10 bits per heavy atom. The van der Waals surface area contributed by atoms with E-state index in [0.29, 0.717) is 33.8 Å². The molecule has 0 fully saturated rings. The minimum atomic E-state index is -0.396. The van der Waals surface area contributed by atoms with Crippen molar-refractivity contribution < 1.29 is 13.9 Å². The van der Waals surface area contributed by atoms with Gasteiger partial charge in [0.15, 0.2) is 5.58 Å². The number of ether oxygens (including phenoxy) is 1. The predicted molar refractivity (Wildman–Crippen MR) is 75.2 cm³/mol. The number of esters is 1. The third-order valence-corrected chi connectivity index (χ3v) is 2.94. The fraction of sp³-hybridized carbons (Fsp3) is 0.0667. The Kier molecular flexibility index (Phi) is 2.87. The highest BCUT2D eigenvalue weighted by Crippen LogP contribution is 2.26. The molecule has 1 aromatic heterocycles. The van der Waals surface area contributed by atoms with Crippen molar-refractivity contribution in [2.45, 2.75) is 0 Å². The lowest BCUT2D eigenvalue weighted by molar-refractivity contribution is 0.0601. The number of carbonyl (C=O) groups excluding carboxylic acids is 1. The van der Waals surface area contributed by atoms with Gasteiger partial charge in [0, 0.05) is 11.3 Å². The number of nitrogens with zero attached hydrogens (tertiary/aromatic N) is 1. The summed E-state index contributed by atoms with van der Waals surface area (Å²) in [5, 5.41) is 0. The molecule has 0 amide bonds. The van der Waals surface area contributed by atoms with Gasteiger partial charge >= 0.3 is 5.97 Å². The molecule has 3 rings (SSSR count). The van der Waals surface area contributed by atoms with E-state index in [1.54, 1.807) is 36.4 Å². The molecule has 100 valence electrons. The van der Waals surface area contributed by atoms with E-state index < -0.39 is 5.97 Å². The van der Waals surface area contributed by atoms with Gasteiger partial charge in [-0.1, -0.05) is 6.07 Å². The molecule has 5 nitrogen and oxygen atoms in total. The summed E-state index contributed by atoms with van der Waals surface area (Å²) in [6.07, 6.45) is 0. The number of hydrogen-bond donors (Lipinski definition) is 1. The molecular formula is C15H12N2O3. The van der Waals surface area contributed by atoms with Gasteiger partial charge in [0.25, 0.3) is 0 Å². The molecule has 0 aliphatic carbocycles. The van der Waals surface area contributed by atoms with E-state index in [4.69, 9.17) is 14.9 Å². The Balaban J connectivity index is 2.08. The molecule has 5 heteroatoms. The number of methoxy groups -OCH3 is 1. The molecule has 2 aromatic carbocycles. The molecule has 20 heavy (non-hydrogen) atoms. The number of nitrogen functional groups attached to an aromatic ring is 1. The van der Waals surface area contributed by atoms with Gasteiger partial charge in [-0.3, -0.25) is 0 Å². The average molecular weight is 268 g/mol. The number of aromatic nitrogens is 1. The van der Waals surface area contributed by atoms with Crippen molar-refractivity contribution >= 4 is 22.8 Å². The van der Waals surface area contributed by atoms with Crippen LogP contribution in [-0.2, 0) is 4.74 Å². The van der Waals surface area contributed by atoms with Crippen LogP contribution < -0.4 is 5.73 Å². The Labute approximate surface area is 115 Å². The van der Waals surface area contributed by atoms with Gasteiger partial charge in [-0.05, 0) is 36.4 Å². The largest absolute Gasteiger partial charge is 0.465 e. The summed E-state index contributed by atoms with van der Waals surface area (Å²) in [7, 11) is 1.34. The zero-order valence-corrected chi connectivity index (χ0v) is 10.8. The highest BCUT2D eigenvalue weighted by Gasteiger charge is 2.11. The van der Waals surface area contributed by atoms with Crippen LogP contribution in [0.15, 0.2) is 46.9 Å². The van der Waals surface area contributed by atoms with Gasteiger partial charge in [-0.25, -0.2) is 9.78 Å². The van der Waals surface area contributed by atoms with E-state index in [-0.39, 0.29) is 0 Å². The Hall–Kier alpha value is -2.82. The topological polar surface area (TPSA) is 78.3 Å². The first kappa shape index (κ1) is 12.2. The molecule has 0 radical (unpaired) electrons. The number of hydrogen-bond acceptors (Lipinski definition) is 5. The number of oxazole rings is 1. The smallest absolute Gasteiger partial charge is 0.337 e. The number of fused-ring (bicyclic) bond motifs is 1. The summed E-state index contributed by atoms with van der Waals surface area (Å²) < 4.78 is 10.4. The normalized spacial score (nSPS) is 10.7. The lowest BCUT2D eigenvalue weighted by Gasteiger charge is -2.00. The quantitative estimate of drug-likeness (QED) is 0.571. The van der Waals surface area contributed by atoms with Crippen LogP contribution in [0.4, 0.5) is 5.69 Å². The number of benzene rings is 2. The fourth-order valence-electron chi connectivity index (χ4n) is 1.96. The molecule has 0 unspecified atom stereocenters. The Morgan fingerprint density at radius 3 is 2.90 bits per heavy atom. The monoisotopic (exact) mass is 268 g/mol. The van der Waals surface area contributed by atoms with Crippen molar-refractivity contribution in [2.75, 3.05) is 12.8 Å². The maximum atomic E-state index is 11.5. The van der Waals surface area contributed by atoms with Crippen LogP contribution in [0.1, 0.15) is 10.4 Å². The standard InChI is InChI=1S/C15H12N2O3/c1-19-15(18)10-4-2-3-9(7-10)14-17-12-8-11(16)5-6-13(12)20-14/h2-8H,16H2,1H3. The minimum absolute atomic E-state index is 0.396. The van der Waals surface area contributed by atoms with Crippen LogP contribution in [-0.4, -0.2) is 18.1 Å². The van der Waals surface area contributed by atoms with Crippen LogP contribution in [0.25, 0.3) is 22.6 Å². The molecule has 0 saturated carbocycles. The van der Waals surface area contributed by atoms with Crippen LogP contribution in [0.2, 0.25) is 0 Å². The van der Waals surface area contributed by atoms with E-state index in [1.807, 2.05) is 6.07 Å². The first-order valence-electron chi connectivity index (χ1n) is 6.02. The molecule has 0 atom stereocenters. The molecule has 0 aliphatic heterocycles. The third-order valence-electron chi connectivity index (χ3n) is 2.94. The first-order valence-corrected chi connectivity index (χ1v) is 6.02.